The standard InChI is InChI=1S/C20H20BrNO3/c1-14-7-9-16(10-8-14)13-22-20(24)15(2)25-19(23)12-11-17-5-3-4-6-18(17)21/h3-12,15H,13H2,1-2H3,(H,22,24)/b12-11+/t15-/m0/s1. The topological polar surface area (TPSA) is 55.4 Å². The molecular formula is C20H20BrNO3. The number of aryl methyl sites for hydroxylation is 1. The van der Waals surface area contributed by atoms with Gasteiger partial charge in [0.2, 0.25) is 0 Å². The number of rotatable bonds is 6. The Bertz CT molecular complexity index is 769. The van der Waals surface area contributed by atoms with Crippen molar-refractivity contribution in [2.24, 2.45) is 0 Å². The molecule has 5 heteroatoms. The van der Waals surface area contributed by atoms with Gasteiger partial charge in [-0.25, -0.2) is 4.79 Å². The van der Waals surface area contributed by atoms with E-state index in [4.69, 9.17) is 4.74 Å². The normalized spacial score (nSPS) is 12.0. The molecule has 0 bridgehead atoms. The van der Waals surface area contributed by atoms with Crippen molar-refractivity contribution in [3.63, 3.8) is 0 Å². The van der Waals surface area contributed by atoms with E-state index in [1.54, 1.807) is 13.0 Å². The molecular weight excluding hydrogens is 382 g/mol. The summed E-state index contributed by atoms with van der Waals surface area (Å²) in [5, 5.41) is 2.76. The van der Waals surface area contributed by atoms with Gasteiger partial charge in [-0.2, -0.15) is 0 Å². The number of amides is 1. The van der Waals surface area contributed by atoms with Crippen molar-refractivity contribution >= 4 is 33.9 Å². The van der Waals surface area contributed by atoms with Crippen LogP contribution in [-0.2, 0) is 20.9 Å². The van der Waals surface area contributed by atoms with E-state index in [2.05, 4.69) is 21.2 Å². The van der Waals surface area contributed by atoms with Crippen LogP contribution in [0.4, 0.5) is 0 Å². The lowest BCUT2D eigenvalue weighted by molar-refractivity contribution is -0.150. The number of benzene rings is 2. The fourth-order valence-electron chi connectivity index (χ4n) is 2.07. The van der Waals surface area contributed by atoms with E-state index >= 15 is 0 Å². The zero-order valence-electron chi connectivity index (χ0n) is 14.2. The Kier molecular flexibility index (Phi) is 6.95. The van der Waals surface area contributed by atoms with Crippen LogP contribution >= 0.6 is 15.9 Å². The predicted octanol–water partition coefficient (Wildman–Crippen LogP) is 4.02. The molecule has 0 aliphatic carbocycles. The van der Waals surface area contributed by atoms with Crippen LogP contribution in [0.5, 0.6) is 0 Å². The van der Waals surface area contributed by atoms with Crippen LogP contribution in [0.2, 0.25) is 0 Å². The summed E-state index contributed by atoms with van der Waals surface area (Å²) in [6.45, 7) is 3.95. The van der Waals surface area contributed by atoms with Gasteiger partial charge in [-0.15, -0.1) is 0 Å². The maximum absolute atomic E-state index is 12.0. The number of halogens is 1. The van der Waals surface area contributed by atoms with Crippen LogP contribution in [0.25, 0.3) is 6.08 Å². The zero-order chi connectivity index (χ0) is 18.2. The van der Waals surface area contributed by atoms with Crippen molar-refractivity contribution in [1.29, 1.82) is 0 Å². The first-order valence-corrected chi connectivity index (χ1v) is 8.71. The van der Waals surface area contributed by atoms with E-state index in [1.807, 2.05) is 55.5 Å². The van der Waals surface area contributed by atoms with Gasteiger partial charge in [0.25, 0.3) is 5.91 Å². The van der Waals surface area contributed by atoms with Gasteiger partial charge in [0, 0.05) is 17.1 Å². The Morgan fingerprint density at radius 1 is 1.16 bits per heavy atom. The third-order valence-electron chi connectivity index (χ3n) is 3.55. The third kappa shape index (κ3) is 6.19. The van der Waals surface area contributed by atoms with Crippen molar-refractivity contribution in [3.05, 3.63) is 75.8 Å². The summed E-state index contributed by atoms with van der Waals surface area (Å²) >= 11 is 3.40. The monoisotopic (exact) mass is 401 g/mol. The van der Waals surface area contributed by atoms with Crippen LogP contribution in [0, 0.1) is 6.92 Å². The minimum Gasteiger partial charge on any atom is -0.449 e. The number of carbonyl (C=O) groups excluding carboxylic acids is 2. The maximum atomic E-state index is 12.0. The number of nitrogens with one attached hydrogen (secondary N) is 1. The Labute approximate surface area is 156 Å². The van der Waals surface area contributed by atoms with Gasteiger partial charge in [-0.1, -0.05) is 64.0 Å². The van der Waals surface area contributed by atoms with Gasteiger partial charge in [-0.3, -0.25) is 4.79 Å². The van der Waals surface area contributed by atoms with Crippen molar-refractivity contribution in [1.82, 2.24) is 5.32 Å². The Morgan fingerprint density at radius 3 is 2.52 bits per heavy atom. The molecule has 0 unspecified atom stereocenters. The molecule has 0 aliphatic heterocycles. The second-order valence-corrected chi connectivity index (χ2v) is 6.49. The van der Waals surface area contributed by atoms with Gasteiger partial charge in [-0.05, 0) is 37.1 Å². The molecule has 0 aliphatic rings. The molecule has 0 saturated carbocycles. The molecule has 0 aromatic heterocycles. The second kappa shape index (κ2) is 9.18. The van der Waals surface area contributed by atoms with E-state index in [-0.39, 0.29) is 5.91 Å². The lowest BCUT2D eigenvalue weighted by atomic mass is 10.1. The SMILES string of the molecule is Cc1ccc(CNC(=O)[C@H](C)OC(=O)/C=C/c2ccccc2Br)cc1. The average molecular weight is 402 g/mol. The Balaban J connectivity index is 1.82. The molecule has 0 heterocycles. The molecule has 25 heavy (non-hydrogen) atoms. The molecule has 1 N–H and O–H groups in total. The van der Waals surface area contributed by atoms with Crippen molar-refractivity contribution in [2.45, 2.75) is 26.5 Å². The van der Waals surface area contributed by atoms with E-state index < -0.39 is 12.1 Å². The quantitative estimate of drug-likeness (QED) is 0.587. The third-order valence-corrected chi connectivity index (χ3v) is 4.28. The number of esters is 1. The number of carbonyl (C=O) groups is 2. The fraction of sp³-hybridized carbons (Fsp3) is 0.200. The molecule has 2 aromatic rings. The van der Waals surface area contributed by atoms with Crippen molar-refractivity contribution < 1.29 is 14.3 Å². The molecule has 0 spiro atoms. The Morgan fingerprint density at radius 2 is 1.84 bits per heavy atom. The highest BCUT2D eigenvalue weighted by Crippen LogP contribution is 2.17. The molecule has 0 fully saturated rings. The largest absolute Gasteiger partial charge is 0.449 e. The smallest absolute Gasteiger partial charge is 0.331 e. The summed E-state index contributed by atoms with van der Waals surface area (Å²) in [7, 11) is 0. The zero-order valence-corrected chi connectivity index (χ0v) is 15.7. The fourth-order valence-corrected chi connectivity index (χ4v) is 2.49. The van der Waals surface area contributed by atoms with E-state index in [9.17, 15) is 9.59 Å². The highest BCUT2D eigenvalue weighted by molar-refractivity contribution is 9.10. The van der Waals surface area contributed by atoms with E-state index in [1.165, 1.54) is 6.08 Å². The minimum absolute atomic E-state index is 0.330. The highest BCUT2D eigenvalue weighted by atomic mass is 79.9. The first-order valence-electron chi connectivity index (χ1n) is 7.92. The van der Waals surface area contributed by atoms with E-state index in [0.717, 1.165) is 21.2 Å². The highest BCUT2D eigenvalue weighted by Gasteiger charge is 2.16. The molecule has 2 rings (SSSR count). The van der Waals surface area contributed by atoms with E-state index in [0.29, 0.717) is 6.54 Å². The number of hydrogen-bond donors (Lipinski definition) is 1. The number of hydrogen-bond acceptors (Lipinski definition) is 3. The summed E-state index contributed by atoms with van der Waals surface area (Å²) in [4.78, 5) is 23.9. The summed E-state index contributed by atoms with van der Waals surface area (Å²) in [6, 6.07) is 15.4. The van der Waals surface area contributed by atoms with Gasteiger partial charge in [0.1, 0.15) is 0 Å². The first kappa shape index (κ1) is 18.9. The molecule has 0 saturated heterocycles. The second-order valence-electron chi connectivity index (χ2n) is 5.64. The molecule has 0 radical (unpaired) electrons. The van der Waals surface area contributed by atoms with Crippen LogP contribution in [0.1, 0.15) is 23.6 Å². The summed E-state index contributed by atoms with van der Waals surface area (Å²) in [5.74, 6) is -0.892. The van der Waals surface area contributed by atoms with Crippen LogP contribution < -0.4 is 5.32 Å². The summed E-state index contributed by atoms with van der Waals surface area (Å²) in [5.41, 5.74) is 3.01. The van der Waals surface area contributed by atoms with Gasteiger partial charge in [0.15, 0.2) is 6.10 Å². The molecule has 1 atom stereocenters. The summed E-state index contributed by atoms with van der Waals surface area (Å²) in [6.07, 6.45) is 2.09. The van der Waals surface area contributed by atoms with Gasteiger partial charge >= 0.3 is 5.97 Å². The van der Waals surface area contributed by atoms with Crippen LogP contribution in [0.15, 0.2) is 59.1 Å². The van der Waals surface area contributed by atoms with Crippen LogP contribution in [0.3, 0.4) is 0 Å². The molecule has 1 amide bonds. The molecule has 130 valence electrons. The van der Waals surface area contributed by atoms with Crippen LogP contribution in [-0.4, -0.2) is 18.0 Å². The predicted molar refractivity (Wildman–Crippen MR) is 102 cm³/mol. The first-order chi connectivity index (χ1) is 12.0. The molecule has 4 nitrogen and oxygen atoms in total. The maximum Gasteiger partial charge on any atom is 0.331 e. The van der Waals surface area contributed by atoms with Gasteiger partial charge in [0.05, 0.1) is 0 Å². The van der Waals surface area contributed by atoms with Crippen molar-refractivity contribution in [3.8, 4) is 0 Å². The average Bonchev–Trinajstić information content (AvgIpc) is 2.60. The summed E-state index contributed by atoms with van der Waals surface area (Å²) < 4.78 is 6.01. The molecule has 2 aromatic carbocycles. The van der Waals surface area contributed by atoms with Gasteiger partial charge < -0.3 is 10.1 Å². The minimum atomic E-state index is -0.859. The number of ether oxygens (including phenoxy) is 1. The van der Waals surface area contributed by atoms with Crippen molar-refractivity contribution in [2.75, 3.05) is 0 Å². The Hall–Kier alpha value is -2.40. The lowest BCUT2D eigenvalue weighted by Crippen LogP contribution is -2.35. The lowest BCUT2D eigenvalue weighted by Gasteiger charge is -2.12.